The van der Waals surface area contributed by atoms with E-state index in [4.69, 9.17) is 24.1 Å². The molecule has 0 aliphatic heterocycles. The number of carboxylic acid groups (broad SMARTS) is 1. The van der Waals surface area contributed by atoms with E-state index in [9.17, 15) is 4.79 Å². The van der Waals surface area contributed by atoms with E-state index < -0.39 is 5.97 Å². The highest BCUT2D eigenvalue weighted by molar-refractivity contribution is 5.87. The van der Waals surface area contributed by atoms with E-state index in [0.717, 1.165) is 30.9 Å². The number of aromatic carboxylic acids is 1. The van der Waals surface area contributed by atoms with Crippen molar-refractivity contribution in [3.05, 3.63) is 70.8 Å². The predicted molar refractivity (Wildman–Crippen MR) is 285 cm³/mol. The molecule has 0 saturated heterocycles. The molecule has 0 spiro atoms. The van der Waals surface area contributed by atoms with Gasteiger partial charge in [0.2, 0.25) is 0 Å². The van der Waals surface area contributed by atoms with Gasteiger partial charge in [-0.05, 0) is 166 Å². The molecule has 1 unspecified atom stereocenters. The first-order valence-electron chi connectivity index (χ1n) is 25.0. The van der Waals surface area contributed by atoms with Crippen LogP contribution in [-0.4, -0.2) is 60.4 Å². The zero-order valence-corrected chi connectivity index (χ0v) is 47.8. The van der Waals surface area contributed by atoms with Crippen LogP contribution in [0.5, 0.6) is 0 Å². The van der Waals surface area contributed by atoms with E-state index in [0.29, 0.717) is 76.9 Å². The van der Waals surface area contributed by atoms with Crippen LogP contribution in [0.15, 0.2) is 48.5 Å². The monoisotopic (exact) mass is 905 g/mol. The molecule has 1 N–H and O–H groups in total. The highest BCUT2D eigenvalue weighted by Crippen LogP contribution is 2.23. The van der Waals surface area contributed by atoms with Gasteiger partial charge in [-0.2, -0.15) is 0 Å². The smallest absolute Gasteiger partial charge is 0.335 e. The number of aryl methyl sites for hydroxylation is 1. The Labute approximate surface area is 401 Å². The molecule has 6 nitrogen and oxygen atoms in total. The summed E-state index contributed by atoms with van der Waals surface area (Å²) in [6.07, 6.45) is 6.33. The molecule has 380 valence electrons. The Morgan fingerprint density at radius 3 is 1.22 bits per heavy atom. The summed E-state index contributed by atoms with van der Waals surface area (Å²) >= 11 is 0. The van der Waals surface area contributed by atoms with Crippen molar-refractivity contribution in [1.82, 2.24) is 0 Å². The molecule has 0 heterocycles. The number of ether oxygens (including phenoxy) is 4. The fourth-order valence-corrected chi connectivity index (χ4v) is 5.90. The zero-order valence-electron chi connectivity index (χ0n) is 47.8. The van der Waals surface area contributed by atoms with Gasteiger partial charge in [0.25, 0.3) is 0 Å². The summed E-state index contributed by atoms with van der Waals surface area (Å²) in [5.41, 5.74) is 5.12. The van der Waals surface area contributed by atoms with Gasteiger partial charge >= 0.3 is 5.97 Å². The predicted octanol–water partition coefficient (Wildman–Crippen LogP) is 18.0. The normalized spacial score (nSPS) is 11.8. The van der Waals surface area contributed by atoms with Crippen LogP contribution in [0.1, 0.15) is 245 Å². The Morgan fingerprint density at radius 1 is 0.562 bits per heavy atom. The average Bonchev–Trinajstić information content (AvgIpc) is 3.12. The molecule has 0 aromatic heterocycles. The van der Waals surface area contributed by atoms with Gasteiger partial charge in [0.1, 0.15) is 0 Å². The van der Waals surface area contributed by atoms with Gasteiger partial charge in [-0.3, -0.25) is 0 Å². The van der Waals surface area contributed by atoms with E-state index in [2.05, 4.69) is 177 Å². The number of benzene rings is 2. The van der Waals surface area contributed by atoms with Crippen molar-refractivity contribution in [2.45, 2.75) is 268 Å². The molecule has 6 heteroatoms. The standard InChI is InChI=1S/C10H12O2.C10H14.3C8H18O.C8H18.C6H14O/c1-7(2)8-4-3-5-9(6-8)10(11)12;1-8(2)10-7-5-4-6-9(10)3;1-7(2)9-6-8(3,4)5;1-6(2)8(5)9-7(3)4;1-5-8(6-2)9-7(3)4;1-7(2)6-8(3,4)5;1-5(2)7-6(3)4/h3-7H,1-2H3,(H,11,12);4-8H,1-3H3;7H,6H2,1-5H3;6-8H,1-5H3;7-8H,5-6H2,1-4H3;7H,6H2,1-5H3;5-6H,1-4H3. The third-order valence-electron chi connectivity index (χ3n) is 8.83. The molecule has 0 bridgehead atoms. The molecule has 2 aromatic carbocycles. The van der Waals surface area contributed by atoms with E-state index in [1.54, 1.807) is 18.2 Å². The van der Waals surface area contributed by atoms with Crippen LogP contribution < -0.4 is 0 Å². The first-order chi connectivity index (χ1) is 29.0. The summed E-state index contributed by atoms with van der Waals surface area (Å²) in [7, 11) is 0. The highest BCUT2D eigenvalue weighted by Gasteiger charge is 2.12. The number of hydrogen-bond acceptors (Lipinski definition) is 5. The lowest BCUT2D eigenvalue weighted by Crippen LogP contribution is -2.19. The molecular weight excluding hydrogens is 793 g/mol. The van der Waals surface area contributed by atoms with Crippen molar-refractivity contribution >= 4 is 5.97 Å². The minimum absolute atomic E-state index is 0.310. The molecule has 2 aromatic rings. The minimum Gasteiger partial charge on any atom is -0.478 e. The molecule has 1 atom stereocenters. The van der Waals surface area contributed by atoms with Crippen molar-refractivity contribution in [1.29, 1.82) is 0 Å². The van der Waals surface area contributed by atoms with Gasteiger partial charge in [0, 0.05) is 0 Å². The summed E-state index contributed by atoms with van der Waals surface area (Å²) in [6.45, 7) is 60.8. The summed E-state index contributed by atoms with van der Waals surface area (Å²) in [5.74, 6) is 1.64. The summed E-state index contributed by atoms with van der Waals surface area (Å²) in [5, 5.41) is 8.69. The Bertz CT molecular complexity index is 1310. The molecule has 0 radical (unpaired) electrons. The van der Waals surface area contributed by atoms with E-state index in [-0.39, 0.29) is 0 Å². The van der Waals surface area contributed by atoms with Crippen LogP contribution in [0.4, 0.5) is 0 Å². The first-order valence-corrected chi connectivity index (χ1v) is 25.0. The fraction of sp³-hybridized carbons (Fsp3) is 0.776. The van der Waals surface area contributed by atoms with Crippen LogP contribution in [0.3, 0.4) is 0 Å². The molecule has 0 fully saturated rings. The average molecular weight is 906 g/mol. The summed E-state index contributed by atoms with van der Waals surface area (Å²) in [4.78, 5) is 10.6. The molecular formula is C58H112O6. The summed E-state index contributed by atoms with van der Waals surface area (Å²) in [6, 6.07) is 15.6. The third kappa shape index (κ3) is 54.1. The van der Waals surface area contributed by atoms with E-state index in [1.807, 2.05) is 47.6 Å². The minimum atomic E-state index is -0.863. The van der Waals surface area contributed by atoms with Crippen LogP contribution in [0.25, 0.3) is 0 Å². The maximum atomic E-state index is 10.6. The van der Waals surface area contributed by atoms with Crippen molar-refractivity contribution < 1.29 is 28.8 Å². The van der Waals surface area contributed by atoms with Crippen molar-refractivity contribution in [3.63, 3.8) is 0 Å². The van der Waals surface area contributed by atoms with Gasteiger partial charge < -0.3 is 24.1 Å². The lowest BCUT2D eigenvalue weighted by molar-refractivity contribution is -0.00642. The number of carboxylic acids is 1. The molecule has 0 amide bonds. The molecule has 2 rings (SSSR count). The number of carbonyl (C=O) groups is 1. The van der Waals surface area contributed by atoms with Crippen LogP contribution in [0.2, 0.25) is 0 Å². The fourth-order valence-electron chi connectivity index (χ4n) is 5.90. The summed E-state index contributed by atoms with van der Waals surface area (Å²) < 4.78 is 21.7. The van der Waals surface area contributed by atoms with E-state index >= 15 is 0 Å². The quantitative estimate of drug-likeness (QED) is 0.192. The second kappa shape index (κ2) is 39.9. The maximum absolute atomic E-state index is 10.6. The lowest BCUT2D eigenvalue weighted by atomic mass is 9.86. The first kappa shape index (κ1) is 70.8. The SMILES string of the molecule is CC(C)CC(C)(C)C.CC(C)OC(C)C.CC(C)OC(C)C(C)C.CC(C)OCC(C)(C)C.CC(C)c1cccc(C(=O)O)c1.CCC(CC)OC(C)C.Cc1ccccc1C(C)C. The molecule has 64 heavy (non-hydrogen) atoms. The largest absolute Gasteiger partial charge is 0.478 e. The molecule has 0 saturated carbocycles. The van der Waals surface area contributed by atoms with Gasteiger partial charge in [0.05, 0.1) is 54.9 Å². The van der Waals surface area contributed by atoms with Crippen LogP contribution >= 0.6 is 0 Å². The van der Waals surface area contributed by atoms with Crippen molar-refractivity contribution in [2.75, 3.05) is 6.61 Å². The van der Waals surface area contributed by atoms with Gasteiger partial charge in [-0.1, -0.05) is 147 Å². The second-order valence-corrected chi connectivity index (χ2v) is 22.2. The Balaban J connectivity index is -0.000000213. The Hall–Kier alpha value is -2.25. The zero-order chi connectivity index (χ0) is 51.6. The number of rotatable bonds is 15. The van der Waals surface area contributed by atoms with Crippen molar-refractivity contribution in [3.8, 4) is 0 Å². The lowest BCUT2D eigenvalue weighted by Gasteiger charge is -2.19. The van der Waals surface area contributed by atoms with Crippen LogP contribution in [0, 0.1) is 29.6 Å². The Morgan fingerprint density at radius 2 is 1.02 bits per heavy atom. The number of hydrogen-bond donors (Lipinski definition) is 1. The topological polar surface area (TPSA) is 74.2 Å². The van der Waals surface area contributed by atoms with E-state index in [1.165, 1.54) is 17.5 Å². The Kier molecular flexibility index (Phi) is 44.1. The maximum Gasteiger partial charge on any atom is 0.335 e. The molecule has 0 aliphatic carbocycles. The second-order valence-electron chi connectivity index (χ2n) is 22.2. The van der Waals surface area contributed by atoms with Gasteiger partial charge in [-0.25, -0.2) is 4.79 Å². The van der Waals surface area contributed by atoms with Crippen LogP contribution in [-0.2, 0) is 18.9 Å². The van der Waals surface area contributed by atoms with Gasteiger partial charge in [-0.15, -0.1) is 0 Å². The molecule has 0 aliphatic rings. The van der Waals surface area contributed by atoms with Gasteiger partial charge in [0.15, 0.2) is 0 Å². The third-order valence-corrected chi connectivity index (χ3v) is 8.83. The highest BCUT2D eigenvalue weighted by atomic mass is 16.5. The van der Waals surface area contributed by atoms with Crippen molar-refractivity contribution in [2.24, 2.45) is 22.7 Å².